The molecule has 2 aromatic carbocycles. The quantitative estimate of drug-likeness (QED) is 0.579. The molecule has 0 spiro atoms. The predicted molar refractivity (Wildman–Crippen MR) is 85.1 cm³/mol. The lowest BCUT2D eigenvalue weighted by Crippen LogP contribution is -2.13. The van der Waals surface area contributed by atoms with E-state index in [1.165, 1.54) is 12.1 Å². The third kappa shape index (κ3) is 4.66. The van der Waals surface area contributed by atoms with Crippen LogP contribution in [0.25, 0.3) is 0 Å². The molecule has 0 heterocycles. The van der Waals surface area contributed by atoms with Crippen LogP contribution in [0.3, 0.4) is 0 Å². The normalized spacial score (nSPS) is 13.0. The minimum atomic E-state index is -3.72. The number of hydrogen-bond donors (Lipinski definition) is 0. The van der Waals surface area contributed by atoms with E-state index in [2.05, 4.69) is 0 Å². The maximum atomic E-state index is 12.0. The summed E-state index contributed by atoms with van der Waals surface area (Å²) in [6.07, 6.45) is -0.105. The predicted octanol–water partition coefficient (Wildman–Crippen LogP) is 3.48. The summed E-state index contributed by atoms with van der Waals surface area (Å²) in [5.74, 6) is 0. The van der Waals surface area contributed by atoms with Crippen molar-refractivity contribution in [1.82, 2.24) is 0 Å². The Balaban J connectivity index is 1.82. The molecule has 22 heavy (non-hydrogen) atoms. The van der Waals surface area contributed by atoms with Crippen LogP contribution in [-0.2, 0) is 19.0 Å². The molecule has 0 radical (unpaired) electrons. The maximum Gasteiger partial charge on any atom is 0.297 e. The first-order valence-electron chi connectivity index (χ1n) is 7.12. The fourth-order valence-electron chi connectivity index (χ4n) is 1.96. The van der Waals surface area contributed by atoms with E-state index in [0.29, 0.717) is 0 Å². The molecule has 0 aromatic heterocycles. The van der Waals surface area contributed by atoms with E-state index in [9.17, 15) is 8.42 Å². The van der Waals surface area contributed by atoms with Crippen LogP contribution in [0.4, 0.5) is 0 Å². The fourth-order valence-corrected chi connectivity index (χ4v) is 2.85. The van der Waals surface area contributed by atoms with Crippen molar-refractivity contribution in [3.8, 4) is 0 Å². The molecular weight excluding hydrogens is 300 g/mol. The summed E-state index contributed by atoms with van der Waals surface area (Å²) in [5, 5.41) is 0. The minimum absolute atomic E-state index is 0.00656. The molecule has 0 fully saturated rings. The summed E-state index contributed by atoms with van der Waals surface area (Å²) in [5.41, 5.74) is 2.04. The second-order valence-corrected chi connectivity index (χ2v) is 6.63. The summed E-state index contributed by atoms with van der Waals surface area (Å²) < 4.78 is 34.5. The Morgan fingerprint density at radius 1 is 0.955 bits per heavy atom. The zero-order valence-corrected chi connectivity index (χ0v) is 13.5. The smallest absolute Gasteiger partial charge is 0.297 e. The van der Waals surface area contributed by atoms with Gasteiger partial charge in [0.05, 0.1) is 24.2 Å². The molecule has 0 saturated carbocycles. The third-order valence-electron chi connectivity index (χ3n) is 3.27. The monoisotopic (exact) mass is 320 g/mol. The molecule has 0 unspecified atom stereocenters. The van der Waals surface area contributed by atoms with Crippen LogP contribution in [0.2, 0.25) is 0 Å². The van der Waals surface area contributed by atoms with Crippen LogP contribution in [0.1, 0.15) is 24.2 Å². The van der Waals surface area contributed by atoms with Crippen LogP contribution in [-0.4, -0.2) is 21.6 Å². The zero-order chi connectivity index (χ0) is 16.0. The maximum absolute atomic E-state index is 12.0. The molecule has 2 rings (SSSR count). The minimum Gasteiger partial charge on any atom is -0.371 e. The first-order chi connectivity index (χ1) is 10.5. The van der Waals surface area contributed by atoms with Crippen molar-refractivity contribution in [3.63, 3.8) is 0 Å². The number of rotatable bonds is 7. The number of aryl methyl sites for hydroxylation is 1. The zero-order valence-electron chi connectivity index (χ0n) is 12.7. The Hall–Kier alpha value is -1.69. The molecule has 4 nitrogen and oxygen atoms in total. The molecule has 0 saturated heterocycles. The molecule has 1 atom stereocenters. The molecular formula is C17H20O4S. The Bertz CT molecular complexity index is 678. The van der Waals surface area contributed by atoms with Gasteiger partial charge in [0.15, 0.2) is 0 Å². The van der Waals surface area contributed by atoms with Gasteiger partial charge in [0.2, 0.25) is 0 Å². The highest BCUT2D eigenvalue weighted by atomic mass is 32.2. The van der Waals surface area contributed by atoms with Crippen LogP contribution in [0.15, 0.2) is 59.5 Å². The topological polar surface area (TPSA) is 52.6 Å². The lowest BCUT2D eigenvalue weighted by atomic mass is 10.1. The standard InChI is InChI=1S/C17H20O4S/c1-14-8-10-17(11-9-14)22(18,19)21-13-12-20-15(2)16-6-4-3-5-7-16/h3-11,15H,12-13H2,1-2H3/t15-/m0/s1. The van der Waals surface area contributed by atoms with E-state index in [1.807, 2.05) is 44.2 Å². The molecule has 0 aliphatic carbocycles. The Labute approximate surface area is 131 Å². The molecule has 0 N–H and O–H groups in total. The Morgan fingerprint density at radius 3 is 2.23 bits per heavy atom. The first-order valence-corrected chi connectivity index (χ1v) is 8.52. The van der Waals surface area contributed by atoms with Crippen LogP contribution in [0, 0.1) is 6.92 Å². The van der Waals surface area contributed by atoms with Crippen molar-refractivity contribution < 1.29 is 17.3 Å². The Kier molecular flexibility index (Phi) is 5.71. The van der Waals surface area contributed by atoms with E-state index in [0.717, 1.165) is 11.1 Å². The van der Waals surface area contributed by atoms with Crippen molar-refractivity contribution >= 4 is 10.1 Å². The lowest BCUT2D eigenvalue weighted by molar-refractivity contribution is 0.0452. The van der Waals surface area contributed by atoms with Gasteiger partial charge >= 0.3 is 0 Å². The van der Waals surface area contributed by atoms with E-state index in [4.69, 9.17) is 8.92 Å². The Morgan fingerprint density at radius 2 is 1.59 bits per heavy atom. The van der Waals surface area contributed by atoms with Gasteiger partial charge in [-0.1, -0.05) is 48.0 Å². The van der Waals surface area contributed by atoms with E-state index >= 15 is 0 Å². The summed E-state index contributed by atoms with van der Waals surface area (Å²) >= 11 is 0. The van der Waals surface area contributed by atoms with Gasteiger partial charge in [-0.05, 0) is 31.5 Å². The van der Waals surface area contributed by atoms with Crippen LogP contribution < -0.4 is 0 Å². The summed E-state index contributed by atoms with van der Waals surface area (Å²) in [7, 11) is -3.72. The first kappa shape index (κ1) is 16.7. The summed E-state index contributed by atoms with van der Waals surface area (Å²) in [6, 6.07) is 16.3. The van der Waals surface area contributed by atoms with Gasteiger partial charge < -0.3 is 4.74 Å². The van der Waals surface area contributed by atoms with Gasteiger partial charge in [-0.15, -0.1) is 0 Å². The lowest BCUT2D eigenvalue weighted by Gasteiger charge is -2.13. The number of ether oxygens (including phenoxy) is 1. The molecule has 118 valence electrons. The van der Waals surface area contributed by atoms with Crippen molar-refractivity contribution in [2.45, 2.75) is 24.8 Å². The summed E-state index contributed by atoms with van der Waals surface area (Å²) in [4.78, 5) is 0.161. The molecule has 5 heteroatoms. The highest BCUT2D eigenvalue weighted by Gasteiger charge is 2.15. The molecule has 0 amide bonds. The number of benzene rings is 2. The summed E-state index contributed by atoms with van der Waals surface area (Å²) in [6.45, 7) is 4.02. The second kappa shape index (κ2) is 7.54. The molecule has 0 bridgehead atoms. The van der Waals surface area contributed by atoms with Gasteiger partial charge in [0.1, 0.15) is 0 Å². The molecule has 2 aromatic rings. The molecule has 0 aliphatic rings. The van der Waals surface area contributed by atoms with Crippen molar-refractivity contribution in [1.29, 1.82) is 0 Å². The van der Waals surface area contributed by atoms with Crippen molar-refractivity contribution in [3.05, 3.63) is 65.7 Å². The van der Waals surface area contributed by atoms with Crippen molar-refractivity contribution in [2.24, 2.45) is 0 Å². The molecule has 0 aliphatic heterocycles. The fraction of sp³-hybridized carbons (Fsp3) is 0.294. The van der Waals surface area contributed by atoms with Gasteiger partial charge in [-0.25, -0.2) is 0 Å². The van der Waals surface area contributed by atoms with Gasteiger partial charge in [0, 0.05) is 0 Å². The highest BCUT2D eigenvalue weighted by Crippen LogP contribution is 2.16. The highest BCUT2D eigenvalue weighted by molar-refractivity contribution is 7.86. The van der Waals surface area contributed by atoms with E-state index in [1.54, 1.807) is 12.1 Å². The van der Waals surface area contributed by atoms with Gasteiger partial charge in [-0.2, -0.15) is 8.42 Å². The van der Waals surface area contributed by atoms with Crippen LogP contribution in [0.5, 0.6) is 0 Å². The van der Waals surface area contributed by atoms with E-state index < -0.39 is 10.1 Å². The number of hydrogen-bond acceptors (Lipinski definition) is 4. The van der Waals surface area contributed by atoms with Crippen molar-refractivity contribution in [2.75, 3.05) is 13.2 Å². The van der Waals surface area contributed by atoms with Crippen LogP contribution >= 0.6 is 0 Å². The third-order valence-corrected chi connectivity index (χ3v) is 4.59. The average Bonchev–Trinajstić information content (AvgIpc) is 2.52. The largest absolute Gasteiger partial charge is 0.371 e. The SMILES string of the molecule is Cc1ccc(S(=O)(=O)OCCO[C@@H](C)c2ccccc2)cc1. The van der Waals surface area contributed by atoms with E-state index in [-0.39, 0.29) is 24.2 Å². The van der Waals surface area contributed by atoms with Gasteiger partial charge in [0.25, 0.3) is 10.1 Å². The second-order valence-electron chi connectivity index (χ2n) is 5.01. The average molecular weight is 320 g/mol. The van der Waals surface area contributed by atoms with Gasteiger partial charge in [-0.3, -0.25) is 4.18 Å².